The first-order chi connectivity index (χ1) is 9.16. The van der Waals surface area contributed by atoms with Gasteiger partial charge in [0.1, 0.15) is 4.34 Å². The van der Waals surface area contributed by atoms with Crippen molar-refractivity contribution >= 4 is 40.4 Å². The minimum atomic E-state index is 0.404. The van der Waals surface area contributed by atoms with Crippen molar-refractivity contribution in [2.75, 3.05) is 5.73 Å². The van der Waals surface area contributed by atoms with Crippen LogP contribution in [0.5, 0.6) is 0 Å². The van der Waals surface area contributed by atoms with Crippen LogP contribution in [-0.2, 0) is 0 Å². The number of halogens is 2. The summed E-state index contributed by atoms with van der Waals surface area (Å²) in [5.41, 5.74) is 9.12. The quantitative estimate of drug-likeness (QED) is 0.749. The van der Waals surface area contributed by atoms with Gasteiger partial charge in [0.25, 0.3) is 0 Å². The lowest BCUT2D eigenvalue weighted by molar-refractivity contribution is 1.10. The number of nitrogen functional groups attached to an aromatic ring is 1. The van der Waals surface area contributed by atoms with Crippen LogP contribution in [0.3, 0.4) is 0 Å². The molecular formula is C12H8Cl2N4S. The summed E-state index contributed by atoms with van der Waals surface area (Å²) in [5, 5.41) is 6.95. The van der Waals surface area contributed by atoms with Gasteiger partial charge >= 0.3 is 0 Å². The standard InChI is InChI=1S/C12H8Cl2N4S/c13-8-4-7(11(14)19-8)10-9(12(15)18-17-10)6-2-1-3-16-5-6/h1-5H,(H3,15,17,18). The van der Waals surface area contributed by atoms with Gasteiger partial charge in [-0.15, -0.1) is 11.3 Å². The number of thiophene rings is 1. The van der Waals surface area contributed by atoms with Crippen LogP contribution in [0.15, 0.2) is 30.6 Å². The van der Waals surface area contributed by atoms with Crippen molar-refractivity contribution in [2.45, 2.75) is 0 Å². The molecule has 0 aliphatic heterocycles. The molecule has 3 heterocycles. The fraction of sp³-hybridized carbons (Fsp3) is 0. The highest BCUT2D eigenvalue weighted by molar-refractivity contribution is 7.20. The summed E-state index contributed by atoms with van der Waals surface area (Å²) in [5.74, 6) is 0.404. The third-order valence-electron chi connectivity index (χ3n) is 2.67. The Hall–Kier alpha value is -1.56. The van der Waals surface area contributed by atoms with E-state index in [-0.39, 0.29) is 0 Å². The van der Waals surface area contributed by atoms with Gasteiger partial charge in [0.15, 0.2) is 5.82 Å². The number of aromatic amines is 1. The molecule has 0 spiro atoms. The number of hydrogen-bond acceptors (Lipinski definition) is 4. The number of aromatic nitrogens is 3. The molecule has 0 atom stereocenters. The molecule has 96 valence electrons. The fourth-order valence-corrected chi connectivity index (χ4v) is 3.34. The second-order valence-electron chi connectivity index (χ2n) is 3.84. The van der Waals surface area contributed by atoms with Crippen molar-refractivity contribution in [3.8, 4) is 22.4 Å². The third kappa shape index (κ3) is 2.20. The van der Waals surface area contributed by atoms with Crippen molar-refractivity contribution in [3.63, 3.8) is 0 Å². The second-order valence-corrected chi connectivity index (χ2v) is 6.12. The molecule has 0 saturated carbocycles. The van der Waals surface area contributed by atoms with E-state index in [2.05, 4.69) is 15.2 Å². The lowest BCUT2D eigenvalue weighted by Gasteiger charge is -2.02. The minimum Gasteiger partial charge on any atom is -0.382 e. The van der Waals surface area contributed by atoms with Crippen LogP contribution >= 0.6 is 34.5 Å². The highest BCUT2D eigenvalue weighted by Crippen LogP contribution is 2.42. The Morgan fingerprint density at radius 2 is 2.16 bits per heavy atom. The van der Waals surface area contributed by atoms with Crippen LogP contribution < -0.4 is 5.73 Å². The highest BCUT2D eigenvalue weighted by Gasteiger charge is 2.18. The molecule has 3 aromatic heterocycles. The maximum atomic E-state index is 6.18. The number of rotatable bonds is 2. The Labute approximate surface area is 123 Å². The largest absolute Gasteiger partial charge is 0.382 e. The summed E-state index contributed by atoms with van der Waals surface area (Å²) in [6.45, 7) is 0. The number of pyridine rings is 1. The van der Waals surface area contributed by atoms with E-state index in [0.717, 1.165) is 22.4 Å². The van der Waals surface area contributed by atoms with Gasteiger partial charge in [0.2, 0.25) is 0 Å². The van der Waals surface area contributed by atoms with Crippen LogP contribution in [0.2, 0.25) is 8.67 Å². The first-order valence-corrected chi connectivity index (χ1v) is 6.93. The zero-order valence-corrected chi connectivity index (χ0v) is 11.9. The summed E-state index contributed by atoms with van der Waals surface area (Å²) in [6.07, 6.45) is 3.43. The third-order valence-corrected chi connectivity index (χ3v) is 4.16. The highest BCUT2D eigenvalue weighted by atomic mass is 35.5. The number of anilines is 1. The molecule has 0 saturated heterocycles. The van der Waals surface area contributed by atoms with Gasteiger partial charge in [-0.2, -0.15) is 5.10 Å². The summed E-state index contributed by atoms with van der Waals surface area (Å²) >= 11 is 13.5. The molecular weight excluding hydrogens is 303 g/mol. The van der Waals surface area contributed by atoms with E-state index in [1.807, 2.05) is 12.1 Å². The molecule has 4 nitrogen and oxygen atoms in total. The molecule has 3 N–H and O–H groups in total. The predicted molar refractivity (Wildman–Crippen MR) is 79.6 cm³/mol. The monoisotopic (exact) mass is 310 g/mol. The molecule has 0 fully saturated rings. The molecule has 0 radical (unpaired) electrons. The zero-order chi connectivity index (χ0) is 13.4. The van der Waals surface area contributed by atoms with Crippen molar-refractivity contribution in [3.05, 3.63) is 39.3 Å². The number of hydrogen-bond donors (Lipinski definition) is 2. The lowest BCUT2D eigenvalue weighted by atomic mass is 10.0. The lowest BCUT2D eigenvalue weighted by Crippen LogP contribution is -1.89. The molecule has 0 bridgehead atoms. The van der Waals surface area contributed by atoms with Crippen molar-refractivity contribution in [1.82, 2.24) is 15.2 Å². The summed E-state index contributed by atoms with van der Waals surface area (Å²) in [6, 6.07) is 5.55. The molecule has 0 aliphatic rings. The smallest absolute Gasteiger partial charge is 0.153 e. The van der Waals surface area contributed by atoms with Gasteiger partial charge in [-0.3, -0.25) is 10.1 Å². The Kier molecular flexibility index (Phi) is 3.18. The van der Waals surface area contributed by atoms with Crippen LogP contribution in [-0.4, -0.2) is 15.2 Å². The van der Waals surface area contributed by atoms with Gasteiger partial charge in [-0.05, 0) is 12.1 Å². The number of H-pyrrole nitrogens is 1. The first-order valence-electron chi connectivity index (χ1n) is 5.36. The summed E-state index contributed by atoms with van der Waals surface area (Å²) in [4.78, 5) is 4.09. The summed E-state index contributed by atoms with van der Waals surface area (Å²) < 4.78 is 1.21. The first kappa shape index (κ1) is 12.5. The Morgan fingerprint density at radius 1 is 1.32 bits per heavy atom. The molecule has 0 amide bonds. The SMILES string of the molecule is Nc1n[nH]c(-c2cc(Cl)sc2Cl)c1-c1cccnc1. The van der Waals surface area contributed by atoms with E-state index in [9.17, 15) is 0 Å². The second kappa shape index (κ2) is 4.85. The minimum absolute atomic E-state index is 0.404. The maximum Gasteiger partial charge on any atom is 0.153 e. The van der Waals surface area contributed by atoms with Crippen LogP contribution in [0, 0.1) is 0 Å². The van der Waals surface area contributed by atoms with E-state index in [4.69, 9.17) is 28.9 Å². The van der Waals surface area contributed by atoms with E-state index < -0.39 is 0 Å². The van der Waals surface area contributed by atoms with Crippen molar-refractivity contribution in [2.24, 2.45) is 0 Å². The van der Waals surface area contributed by atoms with Crippen LogP contribution in [0.4, 0.5) is 5.82 Å². The van der Waals surface area contributed by atoms with Crippen molar-refractivity contribution in [1.29, 1.82) is 0 Å². The number of nitrogens with two attached hydrogens (primary N) is 1. The zero-order valence-electron chi connectivity index (χ0n) is 9.52. The van der Waals surface area contributed by atoms with Crippen LogP contribution in [0.25, 0.3) is 22.4 Å². The Morgan fingerprint density at radius 3 is 2.79 bits per heavy atom. The van der Waals surface area contributed by atoms with Crippen molar-refractivity contribution < 1.29 is 0 Å². The van der Waals surface area contributed by atoms with Gasteiger partial charge in [0, 0.05) is 23.5 Å². The number of nitrogens with one attached hydrogen (secondary N) is 1. The van der Waals surface area contributed by atoms with Gasteiger partial charge in [-0.25, -0.2) is 0 Å². The average Bonchev–Trinajstić information content (AvgIpc) is 2.93. The van der Waals surface area contributed by atoms with Gasteiger partial charge in [-0.1, -0.05) is 29.3 Å². The summed E-state index contributed by atoms with van der Waals surface area (Å²) in [7, 11) is 0. The molecule has 3 rings (SSSR count). The number of nitrogens with zero attached hydrogens (tertiary/aromatic N) is 2. The molecule has 7 heteroatoms. The van der Waals surface area contributed by atoms with E-state index in [0.29, 0.717) is 14.5 Å². The molecule has 19 heavy (non-hydrogen) atoms. The van der Waals surface area contributed by atoms with Gasteiger partial charge in [0.05, 0.1) is 15.6 Å². The molecule has 0 aliphatic carbocycles. The van der Waals surface area contributed by atoms with E-state index in [1.165, 1.54) is 11.3 Å². The normalized spacial score (nSPS) is 10.8. The Balaban J connectivity index is 2.22. The maximum absolute atomic E-state index is 6.18. The molecule has 0 aromatic carbocycles. The predicted octanol–water partition coefficient (Wildman–Crippen LogP) is 4.09. The topological polar surface area (TPSA) is 67.6 Å². The van der Waals surface area contributed by atoms with E-state index in [1.54, 1.807) is 18.5 Å². The molecule has 3 aromatic rings. The van der Waals surface area contributed by atoms with Crippen LogP contribution in [0.1, 0.15) is 0 Å². The fourth-order valence-electron chi connectivity index (χ4n) is 1.86. The molecule has 0 unspecified atom stereocenters. The van der Waals surface area contributed by atoms with Gasteiger partial charge < -0.3 is 5.73 Å². The van der Waals surface area contributed by atoms with E-state index >= 15 is 0 Å². The average molecular weight is 311 g/mol. The Bertz CT molecular complexity index is 721.